The van der Waals surface area contributed by atoms with Crippen LogP contribution in [0.25, 0.3) is 0 Å². The van der Waals surface area contributed by atoms with Gasteiger partial charge in [0, 0.05) is 0 Å². The fraction of sp³-hybridized carbons (Fsp3) is 0. The van der Waals surface area contributed by atoms with Crippen LogP contribution in [0.3, 0.4) is 0 Å². The van der Waals surface area contributed by atoms with Gasteiger partial charge in [-0.3, -0.25) is 0 Å². The first-order chi connectivity index (χ1) is 8.66. The molecule has 0 radical (unpaired) electrons. The van der Waals surface area contributed by atoms with Gasteiger partial charge < -0.3 is 0 Å². The maximum atomic E-state index is 8.62. The summed E-state index contributed by atoms with van der Waals surface area (Å²) < 4.78 is 129. The van der Waals surface area contributed by atoms with E-state index in [0.717, 1.165) is 0 Å². The van der Waals surface area contributed by atoms with E-state index >= 15 is 0 Å². The molecule has 0 rings (SSSR count). The number of hydrogen-bond donors (Lipinski definition) is 0. The summed E-state index contributed by atoms with van der Waals surface area (Å²) in [6.45, 7) is 0. The van der Waals surface area contributed by atoms with Crippen LogP contribution in [0.4, 0.5) is 0 Å². The summed E-state index contributed by atoms with van der Waals surface area (Å²) in [5.41, 5.74) is 0. The number of rotatable bonds is 0. The molecule has 21 heteroatoms. The van der Waals surface area contributed by atoms with Crippen molar-refractivity contribution in [3.8, 4) is 0 Å². The van der Waals surface area contributed by atoms with Crippen LogP contribution >= 0.6 is 0 Å². The molecule has 21 heavy (non-hydrogen) atoms. The minimum atomic E-state index is -4.34. The summed E-state index contributed by atoms with van der Waals surface area (Å²) >= 11 is -21.7. The zero-order chi connectivity index (χ0) is 17.9. The second-order valence-corrected chi connectivity index (χ2v) is 9.15. The topological polar surface area (TPSA) is 286 Å². The van der Waals surface area contributed by atoms with E-state index in [1.54, 1.807) is 0 Å². The second-order valence-electron chi connectivity index (χ2n) is 1.12. The minimum absolute atomic E-state index is 0. The fourth-order valence-electron chi connectivity index (χ4n) is 0. The first-order valence-corrected chi connectivity index (χ1v) is 22.4. The second kappa shape index (κ2) is 33.8. The summed E-state index contributed by atoms with van der Waals surface area (Å²) in [4.78, 5) is 0. The molecule has 0 aromatic heterocycles. The van der Waals surface area contributed by atoms with Gasteiger partial charge in [-0.15, -0.1) is 0 Å². The molecule has 0 bridgehead atoms. The van der Waals surface area contributed by atoms with Crippen LogP contribution in [0.15, 0.2) is 0 Å². The Morgan fingerprint density at radius 1 is 0.333 bits per heavy atom. The van der Waals surface area contributed by atoms with Gasteiger partial charge in [-0.2, -0.15) is 0 Å². The Balaban J connectivity index is -0.0000000331. The van der Waals surface area contributed by atoms with Crippen molar-refractivity contribution in [2.45, 2.75) is 0 Å². The molecule has 0 saturated heterocycles. The molecule has 0 aliphatic heterocycles. The van der Waals surface area contributed by atoms with E-state index in [2.05, 4.69) is 0 Å². The quantitative estimate of drug-likeness (QED) is 0.204. The van der Waals surface area contributed by atoms with E-state index in [1.807, 2.05) is 0 Å². The van der Waals surface area contributed by atoms with E-state index in [1.165, 1.54) is 0 Å². The van der Waals surface area contributed by atoms with Crippen LogP contribution in [0.5, 0.6) is 0 Å². The Kier molecular flexibility index (Phi) is 62.2. The third-order valence-electron chi connectivity index (χ3n) is 0. The molecule has 15 nitrogen and oxygen atoms in total. The van der Waals surface area contributed by atoms with Gasteiger partial charge in [-0.25, -0.2) is 0 Å². The van der Waals surface area contributed by atoms with Gasteiger partial charge in [0.15, 0.2) is 0 Å². The van der Waals surface area contributed by atoms with Crippen LogP contribution < -0.4 is 18.1 Å². The van der Waals surface area contributed by atoms with Gasteiger partial charge in [0.05, 0.1) is 0 Å². The van der Waals surface area contributed by atoms with E-state index < -0.39 is 93.9 Å². The SMILES string of the molecule is [Nb+5].[O]=[Ta](=[O])[O-].[O]=[Ta](=[O])[O-].[O]=[Ta](=[O])[O-].[O]=[Ta](=[O])[O-].[O]=[Ta](=[O])[O-]. The Labute approximate surface area is 164 Å². The van der Waals surface area contributed by atoms with Crippen LogP contribution in [0.1, 0.15) is 0 Å². The van der Waals surface area contributed by atoms with Crippen molar-refractivity contribution in [3.63, 3.8) is 0 Å². The van der Waals surface area contributed by atoms with Crippen molar-refractivity contribution in [2.75, 3.05) is 0 Å². The van der Waals surface area contributed by atoms with Crippen LogP contribution in [0, 0.1) is 0 Å². The Hall–Kier alpha value is 2.24. The van der Waals surface area contributed by atoms with Gasteiger partial charge in [0.25, 0.3) is 0 Å². The fourth-order valence-corrected chi connectivity index (χ4v) is 0. The van der Waals surface area contributed by atoms with E-state index in [0.29, 0.717) is 0 Å². The van der Waals surface area contributed by atoms with E-state index in [-0.39, 0.29) is 22.4 Å². The summed E-state index contributed by atoms with van der Waals surface area (Å²) in [5.74, 6) is 0. The van der Waals surface area contributed by atoms with Crippen molar-refractivity contribution in [1.29, 1.82) is 0 Å². The molecule has 0 aromatic rings. The molecule has 0 spiro atoms. The van der Waals surface area contributed by atoms with E-state index in [4.69, 9.17) is 50.6 Å². The Morgan fingerprint density at radius 2 is 0.333 bits per heavy atom. The zero-order valence-corrected chi connectivity index (χ0v) is 27.1. The number of hydrogen-bond acceptors (Lipinski definition) is 15. The molecule has 0 saturated carbocycles. The average Bonchev–Trinajstić information content (AvgIpc) is 1.94. The Bertz CT molecular complexity index is 380. The molecule has 120 valence electrons. The van der Waals surface area contributed by atoms with Crippen molar-refractivity contribution in [2.24, 2.45) is 0 Å². The predicted octanol–water partition coefficient (Wildman–Crippen LogP) is -7.15. The van der Waals surface area contributed by atoms with Crippen molar-refractivity contribution in [3.05, 3.63) is 0 Å². The zero-order valence-electron chi connectivity index (χ0n) is 8.81. The molecule has 0 aliphatic carbocycles. The van der Waals surface area contributed by atoms with Gasteiger partial charge in [0.1, 0.15) is 0 Å². The average molecular weight is 1240 g/mol. The molecule has 0 amide bonds. The summed E-state index contributed by atoms with van der Waals surface area (Å²) in [6, 6.07) is 0. The van der Waals surface area contributed by atoms with Gasteiger partial charge in [0.2, 0.25) is 0 Å². The van der Waals surface area contributed by atoms with Crippen molar-refractivity contribution < 1.29 is 167 Å². The molecule has 0 heterocycles. The van der Waals surface area contributed by atoms with Gasteiger partial charge >= 0.3 is 167 Å². The Morgan fingerprint density at radius 3 is 0.333 bits per heavy atom. The van der Waals surface area contributed by atoms with Crippen LogP contribution in [-0.2, 0) is 149 Å². The summed E-state index contributed by atoms with van der Waals surface area (Å²) in [7, 11) is 0. The molecule has 0 atom stereocenters. The summed E-state index contributed by atoms with van der Waals surface area (Å²) in [6.07, 6.45) is 0. The van der Waals surface area contributed by atoms with E-state index in [9.17, 15) is 0 Å². The monoisotopic (exact) mass is 1240 g/mol. The third kappa shape index (κ3) is 1810. The molecule has 0 N–H and O–H groups in total. The van der Waals surface area contributed by atoms with Gasteiger partial charge in [-0.05, 0) is 0 Å². The molecular weight excluding hydrogens is 1240 g/mol. The third-order valence-corrected chi connectivity index (χ3v) is 0. The van der Waals surface area contributed by atoms with Crippen LogP contribution in [-0.4, -0.2) is 0 Å². The van der Waals surface area contributed by atoms with Crippen molar-refractivity contribution in [1.82, 2.24) is 0 Å². The maximum absolute atomic E-state index is 8.62. The molecular formula is NbO15Ta5. The normalized spacial score (nSPS) is 5.95. The molecule has 0 aromatic carbocycles. The van der Waals surface area contributed by atoms with Crippen molar-refractivity contribution >= 4 is 0 Å². The van der Waals surface area contributed by atoms with Crippen LogP contribution in [0.2, 0.25) is 0 Å². The predicted molar refractivity (Wildman–Crippen MR) is 6.86 cm³/mol. The molecule has 0 aliphatic rings. The van der Waals surface area contributed by atoms with Gasteiger partial charge in [-0.1, -0.05) is 0 Å². The molecule has 0 unspecified atom stereocenters. The molecule has 0 fully saturated rings. The first kappa shape index (κ1) is 38.7. The first-order valence-electron chi connectivity index (χ1n) is 2.74. The standard InChI is InChI=1S/Nb.15O.5Ta/q+5;;;;;;;;;;;5*-1;;;;;. The summed E-state index contributed by atoms with van der Waals surface area (Å²) in [5, 5.41) is 0.